The number of nitrogens with one attached hydrogen (secondary N) is 2. The molecule has 8 heteroatoms. The van der Waals surface area contributed by atoms with Gasteiger partial charge in [0, 0.05) is 6.04 Å². The van der Waals surface area contributed by atoms with E-state index in [-0.39, 0.29) is 17.9 Å². The van der Waals surface area contributed by atoms with Gasteiger partial charge in [-0.05, 0) is 29.5 Å². The van der Waals surface area contributed by atoms with Gasteiger partial charge in [-0.1, -0.05) is 61.5 Å². The van der Waals surface area contributed by atoms with Gasteiger partial charge in [-0.2, -0.15) is 0 Å². The summed E-state index contributed by atoms with van der Waals surface area (Å²) in [7, 11) is 0. The third-order valence-electron chi connectivity index (χ3n) is 4.96. The van der Waals surface area contributed by atoms with Gasteiger partial charge < -0.3 is 20.5 Å². The molecule has 0 radical (unpaired) electrons. The van der Waals surface area contributed by atoms with E-state index in [9.17, 15) is 19.5 Å². The summed E-state index contributed by atoms with van der Waals surface area (Å²) in [6, 6.07) is 17.3. The van der Waals surface area contributed by atoms with Crippen LogP contribution in [0.5, 0.6) is 0 Å². The van der Waals surface area contributed by atoms with Crippen LogP contribution in [-0.2, 0) is 11.2 Å². The van der Waals surface area contributed by atoms with Gasteiger partial charge in [0.2, 0.25) is 5.82 Å². The predicted molar refractivity (Wildman–Crippen MR) is 114 cm³/mol. The average Bonchev–Trinajstić information content (AvgIpc) is 3.25. The zero-order valence-electron chi connectivity index (χ0n) is 16.9. The molecule has 0 bridgehead atoms. The minimum absolute atomic E-state index is 0.00445. The molecule has 3 aromatic rings. The quantitative estimate of drug-likeness (QED) is 0.419. The van der Waals surface area contributed by atoms with Gasteiger partial charge in [0.25, 0.3) is 5.91 Å². The first-order chi connectivity index (χ1) is 14.8. The molecule has 0 aliphatic carbocycles. The lowest BCUT2D eigenvalue weighted by Crippen LogP contribution is -2.38. The Kier molecular flexibility index (Phi) is 6.81. The number of carbonyl (C=O) groups excluding carboxylic acids is 1. The predicted octanol–water partition coefficient (Wildman–Crippen LogP) is 3.23. The van der Waals surface area contributed by atoms with Crippen LogP contribution in [0.25, 0.3) is 11.1 Å². The molecule has 3 rings (SSSR count). The Morgan fingerprint density at radius 3 is 2.23 bits per heavy atom. The van der Waals surface area contributed by atoms with E-state index in [1.165, 1.54) is 0 Å². The highest BCUT2D eigenvalue weighted by atomic mass is 16.4. The molecule has 0 spiro atoms. The molecule has 0 unspecified atom stereocenters. The number of carbonyl (C=O) groups is 3. The van der Waals surface area contributed by atoms with E-state index in [2.05, 4.69) is 15.3 Å². The van der Waals surface area contributed by atoms with Crippen molar-refractivity contribution in [3.63, 3.8) is 0 Å². The molecule has 31 heavy (non-hydrogen) atoms. The molecule has 0 saturated carbocycles. The maximum Gasteiger partial charge on any atom is 0.371 e. The average molecular weight is 421 g/mol. The number of aromatic amines is 1. The van der Waals surface area contributed by atoms with Gasteiger partial charge in [0.05, 0.1) is 12.1 Å². The number of amides is 1. The zero-order chi connectivity index (χ0) is 22.4. The van der Waals surface area contributed by atoms with E-state index in [0.29, 0.717) is 6.42 Å². The normalized spacial score (nSPS) is 12.7. The number of benzene rings is 2. The first-order valence-electron chi connectivity index (χ1n) is 9.80. The van der Waals surface area contributed by atoms with Crippen LogP contribution in [0.1, 0.15) is 40.0 Å². The molecule has 1 heterocycles. The highest BCUT2D eigenvalue weighted by Crippen LogP contribution is 2.20. The number of hydrogen-bond acceptors (Lipinski definition) is 4. The van der Waals surface area contributed by atoms with E-state index in [1.54, 1.807) is 6.92 Å². The molecule has 1 aromatic heterocycles. The Morgan fingerprint density at radius 1 is 1.00 bits per heavy atom. The van der Waals surface area contributed by atoms with E-state index in [0.717, 1.165) is 22.9 Å². The number of nitrogens with zero attached hydrogens (tertiary/aromatic N) is 1. The van der Waals surface area contributed by atoms with Crippen LogP contribution < -0.4 is 5.32 Å². The first kappa shape index (κ1) is 21.8. The Morgan fingerprint density at radius 2 is 1.65 bits per heavy atom. The lowest BCUT2D eigenvalue weighted by Gasteiger charge is -2.21. The number of imidazole rings is 1. The summed E-state index contributed by atoms with van der Waals surface area (Å²) in [5.41, 5.74) is 3.09. The molecule has 1 amide bonds. The fourth-order valence-corrected chi connectivity index (χ4v) is 3.28. The number of carboxylic acids is 2. The second-order valence-electron chi connectivity index (χ2n) is 7.36. The Balaban J connectivity index is 1.74. The van der Waals surface area contributed by atoms with Crippen LogP contribution in [0, 0.1) is 5.92 Å². The maximum absolute atomic E-state index is 12.5. The van der Waals surface area contributed by atoms with Crippen LogP contribution in [-0.4, -0.2) is 44.1 Å². The molecular weight excluding hydrogens is 398 g/mol. The summed E-state index contributed by atoms with van der Waals surface area (Å²) in [6.45, 7) is 1.58. The number of H-pyrrole nitrogens is 1. The Bertz CT molecular complexity index is 1060. The topological polar surface area (TPSA) is 132 Å². The zero-order valence-corrected chi connectivity index (χ0v) is 16.9. The van der Waals surface area contributed by atoms with E-state index >= 15 is 0 Å². The van der Waals surface area contributed by atoms with Crippen molar-refractivity contribution in [2.45, 2.75) is 25.8 Å². The number of rotatable bonds is 9. The highest BCUT2D eigenvalue weighted by Gasteiger charge is 2.22. The number of hydrogen-bond donors (Lipinski definition) is 4. The van der Waals surface area contributed by atoms with Crippen molar-refractivity contribution in [2.75, 3.05) is 0 Å². The summed E-state index contributed by atoms with van der Waals surface area (Å²) >= 11 is 0. The monoisotopic (exact) mass is 421 g/mol. The van der Waals surface area contributed by atoms with Gasteiger partial charge in [-0.15, -0.1) is 0 Å². The fourth-order valence-electron chi connectivity index (χ4n) is 3.28. The molecule has 0 fully saturated rings. The summed E-state index contributed by atoms with van der Waals surface area (Å²) in [5.74, 6) is -3.76. The molecule has 0 saturated heterocycles. The van der Waals surface area contributed by atoms with Crippen LogP contribution in [0.15, 0.2) is 60.8 Å². The van der Waals surface area contributed by atoms with Crippen molar-refractivity contribution in [3.8, 4) is 11.1 Å². The van der Waals surface area contributed by atoms with Crippen LogP contribution in [0.2, 0.25) is 0 Å². The summed E-state index contributed by atoms with van der Waals surface area (Å²) in [5, 5.41) is 21.0. The van der Waals surface area contributed by atoms with Gasteiger partial charge >= 0.3 is 11.9 Å². The highest BCUT2D eigenvalue weighted by molar-refractivity contribution is 5.94. The number of aliphatic carboxylic acids is 1. The third-order valence-corrected chi connectivity index (χ3v) is 4.96. The molecule has 2 atom stereocenters. The largest absolute Gasteiger partial charge is 0.481 e. The molecule has 2 aromatic carbocycles. The van der Waals surface area contributed by atoms with Crippen molar-refractivity contribution in [2.24, 2.45) is 5.92 Å². The third kappa shape index (κ3) is 5.79. The second kappa shape index (κ2) is 9.71. The molecule has 4 N–H and O–H groups in total. The minimum atomic E-state index is -1.27. The van der Waals surface area contributed by atoms with Crippen molar-refractivity contribution in [1.82, 2.24) is 15.3 Å². The standard InChI is InChI=1S/C23H23N3O5/c1-14(22(28)29)11-18(25-21(27)19-13-24-20(26-19)23(30)31)12-15-7-9-17(10-8-15)16-5-3-2-4-6-16/h2-10,13-14,18H,11-12H2,1H3,(H,24,26)(H,25,27)(H,28,29)(H,30,31)/t14-,18+/m0/s1. The lowest BCUT2D eigenvalue weighted by molar-refractivity contribution is -0.141. The lowest BCUT2D eigenvalue weighted by atomic mass is 9.95. The van der Waals surface area contributed by atoms with Gasteiger partial charge in [-0.3, -0.25) is 9.59 Å². The molecule has 0 aliphatic rings. The Labute approximate surface area is 179 Å². The van der Waals surface area contributed by atoms with Crippen molar-refractivity contribution < 1.29 is 24.6 Å². The first-order valence-corrected chi connectivity index (χ1v) is 9.80. The van der Waals surface area contributed by atoms with Gasteiger partial charge in [-0.25, -0.2) is 9.78 Å². The van der Waals surface area contributed by atoms with Crippen molar-refractivity contribution >= 4 is 17.8 Å². The SMILES string of the molecule is C[C@@H](C[C@H](Cc1ccc(-c2ccccc2)cc1)NC(=O)c1cnc(C(=O)O)[nH]1)C(=O)O. The van der Waals surface area contributed by atoms with E-state index in [1.807, 2.05) is 54.6 Å². The number of aromatic carboxylic acids is 1. The summed E-state index contributed by atoms with van der Waals surface area (Å²) in [6.07, 6.45) is 1.80. The molecule has 0 aliphatic heterocycles. The van der Waals surface area contributed by atoms with Crippen LogP contribution in [0.3, 0.4) is 0 Å². The second-order valence-corrected chi connectivity index (χ2v) is 7.36. The van der Waals surface area contributed by atoms with Crippen LogP contribution >= 0.6 is 0 Å². The van der Waals surface area contributed by atoms with Gasteiger partial charge in [0.1, 0.15) is 5.69 Å². The summed E-state index contributed by atoms with van der Waals surface area (Å²) in [4.78, 5) is 40.9. The van der Waals surface area contributed by atoms with Crippen LogP contribution in [0.4, 0.5) is 0 Å². The fraction of sp³-hybridized carbons (Fsp3) is 0.217. The molecule has 160 valence electrons. The van der Waals surface area contributed by atoms with E-state index in [4.69, 9.17) is 5.11 Å². The smallest absolute Gasteiger partial charge is 0.371 e. The maximum atomic E-state index is 12.5. The Hall–Kier alpha value is -3.94. The van der Waals surface area contributed by atoms with Crippen molar-refractivity contribution in [3.05, 3.63) is 77.9 Å². The summed E-state index contributed by atoms with van der Waals surface area (Å²) < 4.78 is 0. The molecular formula is C23H23N3O5. The van der Waals surface area contributed by atoms with E-state index < -0.39 is 29.8 Å². The molecule has 8 nitrogen and oxygen atoms in total. The number of aromatic nitrogens is 2. The van der Waals surface area contributed by atoms with Crippen molar-refractivity contribution in [1.29, 1.82) is 0 Å². The minimum Gasteiger partial charge on any atom is -0.481 e. The number of carboxylic acid groups (broad SMARTS) is 2. The van der Waals surface area contributed by atoms with Gasteiger partial charge in [0.15, 0.2) is 0 Å².